The highest BCUT2D eigenvalue weighted by molar-refractivity contribution is 6.18. The largest absolute Gasteiger partial charge is 0.463 e. The van der Waals surface area contributed by atoms with Crippen molar-refractivity contribution in [3.05, 3.63) is 0 Å². The average Bonchev–Trinajstić information content (AvgIpc) is 2.78. The quantitative estimate of drug-likeness (QED) is 0.0889. The lowest BCUT2D eigenvalue weighted by molar-refractivity contribution is -0.146. The number of aliphatic hydroxyl groups excluding tert-OH is 1. The van der Waals surface area contributed by atoms with Crippen LogP contribution in [0.4, 0.5) is 0 Å². The molecule has 0 aromatic heterocycles. The van der Waals surface area contributed by atoms with Crippen LogP contribution in [-0.2, 0) is 9.53 Å². The van der Waals surface area contributed by atoms with Crippen LogP contribution in [0.3, 0.4) is 0 Å². The first-order valence-electron chi connectivity index (χ1n) is 13.9. The fourth-order valence-corrected chi connectivity index (χ4v) is 3.74. The molecule has 0 aromatic carbocycles. The van der Waals surface area contributed by atoms with Gasteiger partial charge in [0.1, 0.15) is 12.7 Å². The van der Waals surface area contributed by atoms with Crippen LogP contribution in [0.25, 0.3) is 0 Å². The maximum Gasteiger partial charge on any atom is 0.305 e. The summed E-state index contributed by atoms with van der Waals surface area (Å²) in [6.07, 6.45) is 25.3. The summed E-state index contributed by atoms with van der Waals surface area (Å²) in [5, 5.41) is 9.23. The molecule has 1 unspecified atom stereocenters. The van der Waals surface area contributed by atoms with Gasteiger partial charge in [-0.3, -0.25) is 4.79 Å². The summed E-state index contributed by atoms with van der Waals surface area (Å²) in [4.78, 5) is 13.5. The van der Waals surface area contributed by atoms with Crippen molar-refractivity contribution in [2.45, 2.75) is 141 Å². The van der Waals surface area contributed by atoms with Crippen molar-refractivity contribution in [1.82, 2.24) is 4.90 Å². The third-order valence-corrected chi connectivity index (χ3v) is 5.96. The molecule has 0 aliphatic rings. The number of aliphatic hydroxyl groups is 1. The molecule has 0 saturated heterocycles. The monoisotopic (exact) mass is 491 g/mol. The number of carbonyl (C=O) groups is 1. The van der Waals surface area contributed by atoms with Gasteiger partial charge in [-0.15, -0.1) is 11.6 Å². The maximum absolute atomic E-state index is 11.5. The van der Waals surface area contributed by atoms with Crippen molar-refractivity contribution >= 4 is 17.6 Å². The minimum Gasteiger partial charge on any atom is -0.463 e. The van der Waals surface area contributed by atoms with Crippen LogP contribution >= 0.6 is 11.6 Å². The number of hydrogen-bond acceptors (Lipinski definition) is 4. The molecule has 0 aliphatic heterocycles. The summed E-state index contributed by atoms with van der Waals surface area (Å²) in [5.41, 5.74) is 0. The number of ether oxygens (including phenoxy) is 1. The zero-order valence-corrected chi connectivity index (χ0v) is 23.5. The van der Waals surface area contributed by atoms with Gasteiger partial charge >= 0.3 is 5.97 Å². The zero-order chi connectivity index (χ0) is 25.0. The summed E-state index contributed by atoms with van der Waals surface area (Å²) in [6.45, 7) is 2.30. The van der Waals surface area contributed by atoms with Gasteiger partial charge in [0.25, 0.3) is 0 Å². The van der Waals surface area contributed by atoms with E-state index in [0.717, 1.165) is 12.8 Å². The molecule has 1 N–H and O–H groups in total. The molecule has 0 heterocycles. The Hall–Kier alpha value is -0.320. The molecule has 0 aromatic rings. The summed E-state index contributed by atoms with van der Waals surface area (Å²) in [6, 6.07) is 0. The van der Waals surface area contributed by atoms with Crippen LogP contribution in [0.15, 0.2) is 0 Å². The van der Waals surface area contributed by atoms with Gasteiger partial charge in [0.05, 0.1) is 5.88 Å². The van der Waals surface area contributed by atoms with Gasteiger partial charge in [0, 0.05) is 6.42 Å². The zero-order valence-electron chi connectivity index (χ0n) is 22.7. The van der Waals surface area contributed by atoms with E-state index in [1.165, 1.54) is 109 Å². The molecule has 0 amide bonds. The number of halogens is 1. The van der Waals surface area contributed by atoms with Gasteiger partial charge in [0.2, 0.25) is 0 Å². The van der Waals surface area contributed by atoms with Crippen molar-refractivity contribution in [3.63, 3.8) is 0 Å². The normalized spacial score (nSPS) is 11.8. The predicted molar refractivity (Wildman–Crippen MR) is 145 cm³/mol. The number of unbranched alkanes of at least 4 members (excludes halogenated alkanes) is 18. The number of esters is 1. The molecule has 0 rings (SSSR count). The van der Waals surface area contributed by atoms with E-state index < -0.39 is 6.10 Å². The van der Waals surface area contributed by atoms with Crippen LogP contribution in [0, 0.1) is 0 Å². The third-order valence-electron chi connectivity index (χ3n) is 5.60. The Bertz CT molecular complexity index is 377. The first kappa shape index (κ1) is 34.8. The molecule has 0 bridgehead atoms. The Morgan fingerprint density at radius 1 is 0.697 bits per heavy atom. The number of alkyl halides is 1. The Kier molecular flexibility index (Phi) is 31.4. The standard InChI is InChI=1S/C25H49ClO3.C3H9N/c1-2-3-4-5-6-7-8-9-10-11-12-13-14-15-16-17-18-19-20-21-25(28)29-23-24(27)22-26;1-4(2)3/h24,27H,2-23H2,1H3;1-3H3. The van der Waals surface area contributed by atoms with Crippen molar-refractivity contribution in [2.75, 3.05) is 33.6 Å². The first-order chi connectivity index (χ1) is 15.9. The molecule has 0 fully saturated rings. The topological polar surface area (TPSA) is 49.8 Å². The highest BCUT2D eigenvalue weighted by Crippen LogP contribution is 2.14. The molecular formula is C28H58ClNO3. The molecule has 5 heteroatoms. The molecule has 33 heavy (non-hydrogen) atoms. The smallest absolute Gasteiger partial charge is 0.305 e. The van der Waals surface area contributed by atoms with E-state index in [-0.39, 0.29) is 18.5 Å². The number of carbonyl (C=O) groups excluding carboxylic acids is 1. The van der Waals surface area contributed by atoms with Gasteiger partial charge in [-0.2, -0.15) is 0 Å². The summed E-state index contributed by atoms with van der Waals surface area (Å²) in [5.74, 6) is -0.117. The number of rotatable bonds is 23. The second kappa shape index (κ2) is 29.7. The lowest BCUT2D eigenvalue weighted by Gasteiger charge is -2.08. The molecule has 1 atom stereocenters. The number of nitrogens with zero attached hydrogens (tertiary/aromatic N) is 1. The van der Waals surface area contributed by atoms with Crippen LogP contribution in [0.5, 0.6) is 0 Å². The molecule has 0 aliphatic carbocycles. The minimum atomic E-state index is -0.745. The van der Waals surface area contributed by atoms with Crippen molar-refractivity contribution < 1.29 is 14.6 Å². The highest BCUT2D eigenvalue weighted by Gasteiger charge is 2.07. The number of hydrogen-bond donors (Lipinski definition) is 1. The van der Waals surface area contributed by atoms with Gasteiger partial charge < -0.3 is 14.7 Å². The lowest BCUT2D eigenvalue weighted by atomic mass is 10.0. The van der Waals surface area contributed by atoms with E-state index in [0.29, 0.717) is 6.42 Å². The average molecular weight is 492 g/mol. The predicted octanol–water partition coefficient (Wildman–Crippen LogP) is 8.13. The molecular weight excluding hydrogens is 434 g/mol. The maximum atomic E-state index is 11.5. The van der Waals surface area contributed by atoms with Crippen LogP contribution in [-0.4, -0.2) is 55.7 Å². The van der Waals surface area contributed by atoms with E-state index in [4.69, 9.17) is 16.3 Å². The van der Waals surface area contributed by atoms with Crippen LogP contribution in [0.2, 0.25) is 0 Å². The highest BCUT2D eigenvalue weighted by atomic mass is 35.5. The second-order valence-electron chi connectivity index (χ2n) is 9.95. The van der Waals surface area contributed by atoms with Gasteiger partial charge in [-0.1, -0.05) is 122 Å². The lowest BCUT2D eigenvalue weighted by Crippen LogP contribution is -2.19. The van der Waals surface area contributed by atoms with E-state index in [9.17, 15) is 9.90 Å². The molecule has 4 nitrogen and oxygen atoms in total. The van der Waals surface area contributed by atoms with E-state index in [1.807, 2.05) is 26.0 Å². The molecule has 200 valence electrons. The molecule has 0 radical (unpaired) electrons. The van der Waals surface area contributed by atoms with Crippen LogP contribution < -0.4 is 0 Å². The van der Waals surface area contributed by atoms with Crippen LogP contribution in [0.1, 0.15) is 135 Å². The van der Waals surface area contributed by atoms with Crippen molar-refractivity contribution in [3.8, 4) is 0 Å². The Balaban J connectivity index is 0. The van der Waals surface area contributed by atoms with Gasteiger partial charge in [0.15, 0.2) is 0 Å². The van der Waals surface area contributed by atoms with Gasteiger partial charge in [-0.25, -0.2) is 0 Å². The Labute approximate surface area is 212 Å². The summed E-state index contributed by atoms with van der Waals surface area (Å²) in [7, 11) is 6.00. The van der Waals surface area contributed by atoms with Crippen molar-refractivity contribution in [1.29, 1.82) is 0 Å². The SMILES string of the molecule is CCCCCCCCCCCCCCCCCCCCCC(=O)OCC(O)CCl.CN(C)C. The van der Waals surface area contributed by atoms with Gasteiger partial charge in [-0.05, 0) is 27.6 Å². The fraction of sp³-hybridized carbons (Fsp3) is 0.964. The molecule has 0 saturated carbocycles. The van der Waals surface area contributed by atoms with Crippen molar-refractivity contribution in [2.24, 2.45) is 0 Å². The minimum absolute atomic E-state index is 0.0153. The Morgan fingerprint density at radius 2 is 1.00 bits per heavy atom. The summed E-state index contributed by atoms with van der Waals surface area (Å²) < 4.78 is 4.96. The van der Waals surface area contributed by atoms with E-state index in [2.05, 4.69) is 6.92 Å². The summed E-state index contributed by atoms with van der Waals surface area (Å²) >= 11 is 5.46. The second-order valence-corrected chi connectivity index (χ2v) is 10.3. The third kappa shape index (κ3) is 36.4. The fourth-order valence-electron chi connectivity index (χ4n) is 3.65. The first-order valence-corrected chi connectivity index (χ1v) is 14.5. The van der Waals surface area contributed by atoms with E-state index in [1.54, 1.807) is 0 Å². The van der Waals surface area contributed by atoms with E-state index >= 15 is 0 Å². The molecule has 0 spiro atoms. The Morgan fingerprint density at radius 3 is 1.30 bits per heavy atom.